The number of nitrogens with zero attached hydrogens (tertiary/aromatic N) is 1. The summed E-state index contributed by atoms with van der Waals surface area (Å²) in [6.45, 7) is 1.69. The summed E-state index contributed by atoms with van der Waals surface area (Å²) in [5.74, 6) is -0.226. The second kappa shape index (κ2) is 6.69. The van der Waals surface area contributed by atoms with Crippen molar-refractivity contribution in [2.45, 2.75) is 32.1 Å². The van der Waals surface area contributed by atoms with Crippen LogP contribution in [-0.2, 0) is 9.59 Å². The van der Waals surface area contributed by atoms with Crippen molar-refractivity contribution in [2.24, 2.45) is 11.8 Å². The number of hydrogen-bond acceptors (Lipinski definition) is 2. The molecule has 1 aromatic rings. The summed E-state index contributed by atoms with van der Waals surface area (Å²) in [6, 6.07) is 7.08. The van der Waals surface area contributed by atoms with Crippen LogP contribution in [-0.4, -0.2) is 29.8 Å². The highest BCUT2D eigenvalue weighted by atomic mass is 35.5. The van der Waals surface area contributed by atoms with Gasteiger partial charge in [0.15, 0.2) is 0 Å². The maximum atomic E-state index is 12.5. The maximum Gasteiger partial charge on any atom is 0.228 e. The molecule has 0 aromatic heterocycles. The molecule has 2 atom stereocenters. The fraction of sp³-hybridized carbons (Fsp3) is 0.529. The van der Waals surface area contributed by atoms with Crippen LogP contribution >= 0.6 is 11.6 Å². The molecule has 1 saturated carbocycles. The van der Waals surface area contributed by atoms with Crippen LogP contribution in [0.1, 0.15) is 32.1 Å². The first-order valence-corrected chi connectivity index (χ1v) is 8.38. The van der Waals surface area contributed by atoms with Crippen LogP contribution in [0.3, 0.4) is 0 Å². The summed E-state index contributed by atoms with van der Waals surface area (Å²) in [5.41, 5.74) is 0.686. The van der Waals surface area contributed by atoms with Gasteiger partial charge in [-0.25, -0.2) is 0 Å². The molecule has 118 valence electrons. The minimum absolute atomic E-state index is 0.0737. The lowest BCUT2D eigenvalue weighted by Crippen LogP contribution is -2.34. The van der Waals surface area contributed by atoms with E-state index >= 15 is 0 Å². The third-order valence-electron chi connectivity index (χ3n) is 4.45. The number of likely N-dealkylation sites (tertiary alicyclic amines) is 1. The van der Waals surface area contributed by atoms with Crippen LogP contribution in [0.2, 0.25) is 5.02 Å². The van der Waals surface area contributed by atoms with E-state index in [2.05, 4.69) is 5.32 Å². The molecule has 2 fully saturated rings. The number of carbonyl (C=O) groups excluding carboxylic acids is 2. The summed E-state index contributed by atoms with van der Waals surface area (Å²) in [7, 11) is 0. The Hall–Kier alpha value is -1.55. The van der Waals surface area contributed by atoms with Crippen molar-refractivity contribution in [2.75, 3.05) is 18.4 Å². The zero-order valence-electron chi connectivity index (χ0n) is 12.6. The minimum Gasteiger partial charge on any atom is -0.342 e. The van der Waals surface area contributed by atoms with Gasteiger partial charge in [-0.15, -0.1) is 0 Å². The first-order valence-electron chi connectivity index (χ1n) is 8.00. The lowest BCUT2D eigenvalue weighted by atomic mass is 10.2. The predicted octanol–water partition coefficient (Wildman–Crippen LogP) is 3.32. The average molecular weight is 321 g/mol. The molecule has 0 spiro atoms. The Kier molecular flexibility index (Phi) is 4.67. The molecule has 1 aliphatic heterocycles. The molecular weight excluding hydrogens is 300 g/mol. The lowest BCUT2D eigenvalue weighted by molar-refractivity contribution is -0.134. The van der Waals surface area contributed by atoms with Crippen molar-refractivity contribution in [3.8, 4) is 0 Å². The molecule has 1 N–H and O–H groups in total. The number of amides is 2. The van der Waals surface area contributed by atoms with E-state index in [1.807, 2.05) is 4.90 Å². The first kappa shape index (κ1) is 15.3. The predicted molar refractivity (Wildman–Crippen MR) is 86.7 cm³/mol. The van der Waals surface area contributed by atoms with Gasteiger partial charge in [-0.05, 0) is 37.5 Å². The second-order valence-corrected chi connectivity index (χ2v) is 6.62. The number of benzene rings is 1. The van der Waals surface area contributed by atoms with E-state index in [4.69, 9.17) is 11.6 Å². The van der Waals surface area contributed by atoms with Gasteiger partial charge in [0.05, 0.1) is 11.8 Å². The van der Waals surface area contributed by atoms with E-state index in [0.29, 0.717) is 17.1 Å². The van der Waals surface area contributed by atoms with Crippen molar-refractivity contribution < 1.29 is 9.59 Å². The van der Waals surface area contributed by atoms with Crippen LogP contribution < -0.4 is 5.32 Å². The molecule has 1 saturated heterocycles. The second-order valence-electron chi connectivity index (χ2n) is 6.19. The highest BCUT2D eigenvalue weighted by Crippen LogP contribution is 2.41. The molecule has 2 amide bonds. The Bertz CT molecular complexity index is 568. The van der Waals surface area contributed by atoms with Crippen LogP contribution in [0.25, 0.3) is 0 Å². The lowest BCUT2D eigenvalue weighted by Gasteiger charge is -2.20. The molecule has 1 aromatic carbocycles. The smallest absolute Gasteiger partial charge is 0.228 e. The highest BCUT2D eigenvalue weighted by molar-refractivity contribution is 6.30. The zero-order chi connectivity index (χ0) is 15.5. The number of halogens is 1. The van der Waals surface area contributed by atoms with Gasteiger partial charge < -0.3 is 10.2 Å². The Morgan fingerprint density at radius 1 is 1.09 bits per heavy atom. The molecule has 0 bridgehead atoms. The fourth-order valence-corrected chi connectivity index (χ4v) is 3.27. The Balaban J connectivity index is 1.54. The highest BCUT2D eigenvalue weighted by Gasteiger charge is 2.49. The van der Waals surface area contributed by atoms with Gasteiger partial charge in [0, 0.05) is 23.8 Å². The van der Waals surface area contributed by atoms with E-state index in [0.717, 1.165) is 25.9 Å². The average Bonchev–Trinajstić information content (AvgIpc) is 3.31. The van der Waals surface area contributed by atoms with Gasteiger partial charge in [0.1, 0.15) is 0 Å². The molecule has 3 rings (SSSR count). The molecule has 2 aliphatic rings. The van der Waals surface area contributed by atoms with Crippen molar-refractivity contribution >= 4 is 29.1 Å². The van der Waals surface area contributed by atoms with Crippen molar-refractivity contribution in [3.63, 3.8) is 0 Å². The summed E-state index contributed by atoms with van der Waals surface area (Å²) in [5, 5.41) is 3.44. The quantitative estimate of drug-likeness (QED) is 0.928. The molecular formula is C17H21ClN2O2. The van der Waals surface area contributed by atoms with Crippen molar-refractivity contribution in [1.82, 2.24) is 4.90 Å². The third-order valence-corrected chi connectivity index (χ3v) is 4.69. The van der Waals surface area contributed by atoms with E-state index in [1.54, 1.807) is 24.3 Å². The Morgan fingerprint density at radius 2 is 1.82 bits per heavy atom. The van der Waals surface area contributed by atoms with Gasteiger partial charge in [0.25, 0.3) is 0 Å². The standard InChI is InChI=1S/C17H21ClN2O2/c18-12-6-5-7-13(10-12)19-16(21)14-11-15(14)17(22)20-8-3-1-2-4-9-20/h5-7,10,14-15H,1-4,8-9,11H2,(H,19,21). The minimum atomic E-state index is -0.185. The summed E-state index contributed by atoms with van der Waals surface area (Å²) >= 11 is 5.91. The number of nitrogens with one attached hydrogen (secondary N) is 1. The number of hydrogen-bond donors (Lipinski definition) is 1. The van der Waals surface area contributed by atoms with E-state index < -0.39 is 0 Å². The van der Waals surface area contributed by atoms with Crippen LogP contribution in [0.4, 0.5) is 5.69 Å². The molecule has 1 heterocycles. The van der Waals surface area contributed by atoms with Crippen LogP contribution in [0, 0.1) is 11.8 Å². The Labute approximate surface area is 135 Å². The van der Waals surface area contributed by atoms with Crippen LogP contribution in [0.5, 0.6) is 0 Å². The third kappa shape index (κ3) is 3.61. The molecule has 5 heteroatoms. The zero-order valence-corrected chi connectivity index (χ0v) is 13.3. The van der Waals surface area contributed by atoms with E-state index in [1.165, 1.54) is 12.8 Å². The van der Waals surface area contributed by atoms with Gasteiger partial charge in [-0.2, -0.15) is 0 Å². The summed E-state index contributed by atoms with van der Waals surface area (Å²) in [6.07, 6.45) is 5.23. The SMILES string of the molecule is O=C(Nc1cccc(Cl)c1)C1CC1C(=O)N1CCCCCC1. The summed E-state index contributed by atoms with van der Waals surface area (Å²) < 4.78 is 0. The number of carbonyl (C=O) groups is 2. The fourth-order valence-electron chi connectivity index (χ4n) is 3.08. The van der Waals surface area contributed by atoms with Gasteiger partial charge in [-0.1, -0.05) is 30.5 Å². The Morgan fingerprint density at radius 3 is 2.50 bits per heavy atom. The topological polar surface area (TPSA) is 49.4 Å². The number of rotatable bonds is 3. The van der Waals surface area contributed by atoms with Crippen LogP contribution in [0.15, 0.2) is 24.3 Å². The molecule has 1 aliphatic carbocycles. The van der Waals surface area contributed by atoms with Gasteiger partial charge in [0.2, 0.25) is 11.8 Å². The summed E-state index contributed by atoms with van der Waals surface area (Å²) in [4.78, 5) is 26.6. The van der Waals surface area contributed by atoms with Gasteiger partial charge in [-0.3, -0.25) is 9.59 Å². The largest absolute Gasteiger partial charge is 0.342 e. The molecule has 0 radical (unpaired) electrons. The molecule has 22 heavy (non-hydrogen) atoms. The van der Waals surface area contributed by atoms with Gasteiger partial charge >= 0.3 is 0 Å². The normalized spacial score (nSPS) is 24.5. The van der Waals surface area contributed by atoms with Crippen molar-refractivity contribution in [1.29, 1.82) is 0 Å². The molecule has 2 unspecified atom stereocenters. The van der Waals surface area contributed by atoms with Crippen molar-refractivity contribution in [3.05, 3.63) is 29.3 Å². The van der Waals surface area contributed by atoms with E-state index in [9.17, 15) is 9.59 Å². The number of anilines is 1. The molecule has 4 nitrogen and oxygen atoms in total. The van der Waals surface area contributed by atoms with E-state index in [-0.39, 0.29) is 23.7 Å². The first-order chi connectivity index (χ1) is 10.6. The maximum absolute atomic E-state index is 12.5. The monoisotopic (exact) mass is 320 g/mol.